The van der Waals surface area contributed by atoms with Crippen molar-refractivity contribution in [1.82, 2.24) is 10.2 Å². The molecule has 0 atom stereocenters. The molecular weight excluding hydrogens is 324 g/mol. The molecule has 1 saturated carbocycles. The van der Waals surface area contributed by atoms with Crippen molar-refractivity contribution in [2.75, 3.05) is 7.05 Å². The summed E-state index contributed by atoms with van der Waals surface area (Å²) in [6, 6.07) is 15.8. The van der Waals surface area contributed by atoms with Crippen molar-refractivity contribution in [3.63, 3.8) is 0 Å². The Bertz CT molecular complexity index is 820. The van der Waals surface area contributed by atoms with Crippen LogP contribution >= 0.6 is 0 Å². The molecule has 0 bridgehead atoms. The van der Waals surface area contributed by atoms with Gasteiger partial charge in [0.25, 0.3) is 5.91 Å². The number of nitrogens with zero attached hydrogens (tertiary/aromatic N) is 1. The van der Waals surface area contributed by atoms with Gasteiger partial charge in [0.2, 0.25) is 5.91 Å². The maximum atomic E-state index is 12.7. The molecule has 0 aromatic heterocycles. The van der Waals surface area contributed by atoms with Crippen LogP contribution in [0.2, 0.25) is 0 Å². The predicted molar refractivity (Wildman–Crippen MR) is 104 cm³/mol. The lowest BCUT2D eigenvalue weighted by Gasteiger charge is -2.21. The highest BCUT2D eigenvalue weighted by molar-refractivity contribution is 5.95. The minimum atomic E-state index is -0.116. The summed E-state index contributed by atoms with van der Waals surface area (Å²) >= 11 is 0. The van der Waals surface area contributed by atoms with E-state index < -0.39 is 0 Å². The Balaban J connectivity index is 1.68. The van der Waals surface area contributed by atoms with E-state index in [1.807, 2.05) is 29.2 Å². The van der Waals surface area contributed by atoms with Crippen LogP contribution in [-0.2, 0) is 11.3 Å². The summed E-state index contributed by atoms with van der Waals surface area (Å²) in [5.41, 5.74) is 3.87. The van der Waals surface area contributed by atoms with E-state index in [1.54, 1.807) is 25.3 Å². The molecular formula is C22H24N2O2. The van der Waals surface area contributed by atoms with Crippen LogP contribution in [0, 0.1) is 6.92 Å². The molecule has 26 heavy (non-hydrogen) atoms. The first-order chi connectivity index (χ1) is 12.6. The van der Waals surface area contributed by atoms with Crippen LogP contribution in [0.1, 0.15) is 39.9 Å². The Kier molecular flexibility index (Phi) is 5.52. The molecule has 2 aromatic rings. The van der Waals surface area contributed by atoms with Gasteiger partial charge in [-0.2, -0.15) is 0 Å². The Morgan fingerprint density at radius 1 is 1.15 bits per heavy atom. The van der Waals surface area contributed by atoms with E-state index >= 15 is 0 Å². The van der Waals surface area contributed by atoms with Crippen LogP contribution in [0.15, 0.2) is 54.6 Å². The lowest BCUT2D eigenvalue weighted by molar-refractivity contribution is -0.127. The van der Waals surface area contributed by atoms with Gasteiger partial charge in [-0.25, -0.2) is 0 Å². The van der Waals surface area contributed by atoms with Gasteiger partial charge in [0.05, 0.1) is 0 Å². The van der Waals surface area contributed by atoms with Crippen molar-refractivity contribution in [3.8, 4) is 0 Å². The van der Waals surface area contributed by atoms with Crippen LogP contribution in [0.3, 0.4) is 0 Å². The predicted octanol–water partition coefficient (Wildman–Crippen LogP) is 3.56. The molecule has 3 rings (SSSR count). The molecule has 134 valence electrons. The zero-order valence-corrected chi connectivity index (χ0v) is 15.2. The second kappa shape index (κ2) is 8.00. The third-order valence-electron chi connectivity index (χ3n) is 4.52. The van der Waals surface area contributed by atoms with Crippen molar-refractivity contribution < 1.29 is 9.59 Å². The van der Waals surface area contributed by atoms with Gasteiger partial charge >= 0.3 is 0 Å². The van der Waals surface area contributed by atoms with E-state index in [9.17, 15) is 9.59 Å². The third-order valence-corrected chi connectivity index (χ3v) is 4.52. The normalized spacial score (nSPS) is 13.6. The molecule has 1 N–H and O–H groups in total. The molecule has 4 heteroatoms. The van der Waals surface area contributed by atoms with Crippen LogP contribution in [0.25, 0.3) is 6.08 Å². The fourth-order valence-electron chi connectivity index (χ4n) is 2.93. The van der Waals surface area contributed by atoms with E-state index in [2.05, 4.69) is 30.4 Å². The van der Waals surface area contributed by atoms with E-state index in [-0.39, 0.29) is 11.8 Å². The van der Waals surface area contributed by atoms with E-state index in [0.717, 1.165) is 24.0 Å². The lowest BCUT2D eigenvalue weighted by Crippen LogP contribution is -2.31. The van der Waals surface area contributed by atoms with Crippen LogP contribution in [0.4, 0.5) is 0 Å². The molecule has 0 saturated heterocycles. The molecule has 1 aliphatic carbocycles. The maximum absolute atomic E-state index is 12.7. The quantitative estimate of drug-likeness (QED) is 0.812. The summed E-state index contributed by atoms with van der Waals surface area (Å²) < 4.78 is 0. The first-order valence-corrected chi connectivity index (χ1v) is 8.93. The van der Waals surface area contributed by atoms with Crippen molar-refractivity contribution in [2.24, 2.45) is 0 Å². The van der Waals surface area contributed by atoms with Crippen molar-refractivity contribution in [2.45, 2.75) is 32.4 Å². The smallest absolute Gasteiger partial charge is 0.251 e. The highest BCUT2D eigenvalue weighted by Crippen LogP contribution is 2.29. The van der Waals surface area contributed by atoms with Crippen molar-refractivity contribution in [1.29, 1.82) is 0 Å². The summed E-state index contributed by atoms with van der Waals surface area (Å²) in [7, 11) is 1.61. The fraction of sp³-hybridized carbons (Fsp3) is 0.273. The molecule has 1 aliphatic rings. The zero-order chi connectivity index (χ0) is 18.5. The summed E-state index contributed by atoms with van der Waals surface area (Å²) in [6.07, 6.45) is 5.59. The number of amides is 2. The number of nitrogens with one attached hydrogen (secondary N) is 1. The molecule has 4 nitrogen and oxygen atoms in total. The third kappa shape index (κ3) is 4.60. The number of carbonyl (C=O) groups excluding carboxylic acids is 2. The molecule has 2 amide bonds. The lowest BCUT2D eigenvalue weighted by atomic mass is 10.1. The first kappa shape index (κ1) is 17.9. The first-order valence-electron chi connectivity index (χ1n) is 8.93. The van der Waals surface area contributed by atoms with Crippen molar-refractivity contribution >= 4 is 17.9 Å². The van der Waals surface area contributed by atoms with Crippen molar-refractivity contribution in [3.05, 3.63) is 76.9 Å². The summed E-state index contributed by atoms with van der Waals surface area (Å²) in [4.78, 5) is 26.2. The average molecular weight is 348 g/mol. The van der Waals surface area contributed by atoms with Gasteiger partial charge in [0.15, 0.2) is 0 Å². The fourth-order valence-corrected chi connectivity index (χ4v) is 2.93. The van der Waals surface area contributed by atoms with E-state index in [1.165, 1.54) is 5.56 Å². The number of benzene rings is 2. The minimum absolute atomic E-state index is 0.0318. The molecule has 0 unspecified atom stereocenters. The summed E-state index contributed by atoms with van der Waals surface area (Å²) in [5.74, 6) is -0.0842. The number of rotatable bonds is 6. The molecule has 0 heterocycles. The van der Waals surface area contributed by atoms with Gasteiger partial charge in [-0.15, -0.1) is 0 Å². The van der Waals surface area contributed by atoms with Crippen LogP contribution in [0.5, 0.6) is 0 Å². The summed E-state index contributed by atoms with van der Waals surface area (Å²) in [5, 5.41) is 2.59. The van der Waals surface area contributed by atoms with Gasteiger partial charge in [0.1, 0.15) is 0 Å². The monoisotopic (exact) mass is 348 g/mol. The van der Waals surface area contributed by atoms with Crippen LogP contribution < -0.4 is 5.32 Å². The maximum Gasteiger partial charge on any atom is 0.251 e. The largest absolute Gasteiger partial charge is 0.355 e. The highest BCUT2D eigenvalue weighted by Gasteiger charge is 2.31. The second-order valence-electron chi connectivity index (χ2n) is 6.72. The average Bonchev–Trinajstić information content (AvgIpc) is 3.49. The number of carbonyl (C=O) groups is 2. The molecule has 0 aliphatic heterocycles. The van der Waals surface area contributed by atoms with Gasteiger partial charge in [-0.05, 0) is 49.1 Å². The standard InChI is InChI=1S/C22H24N2O2/c1-16-4-3-5-18(14-16)15-24(20-11-12-20)21(25)13-8-17-6-9-19(10-7-17)22(26)23-2/h3-10,13-14,20H,11-12,15H2,1-2H3,(H,23,26)/b13-8+. The van der Waals surface area contributed by atoms with Gasteiger partial charge < -0.3 is 10.2 Å². The SMILES string of the molecule is CNC(=O)c1ccc(/C=C/C(=O)N(Cc2cccc(C)c2)C2CC2)cc1. The van der Waals surface area contributed by atoms with Gasteiger partial charge in [0, 0.05) is 31.3 Å². The van der Waals surface area contributed by atoms with E-state index in [4.69, 9.17) is 0 Å². The highest BCUT2D eigenvalue weighted by atomic mass is 16.2. The molecule has 0 radical (unpaired) electrons. The Morgan fingerprint density at radius 3 is 2.50 bits per heavy atom. The Labute approximate surface area is 154 Å². The molecule has 0 spiro atoms. The molecule has 2 aromatic carbocycles. The Hall–Kier alpha value is -2.88. The van der Waals surface area contributed by atoms with Crippen LogP contribution in [-0.4, -0.2) is 29.8 Å². The number of hydrogen-bond acceptors (Lipinski definition) is 2. The second-order valence-corrected chi connectivity index (χ2v) is 6.72. The minimum Gasteiger partial charge on any atom is -0.355 e. The molecule has 1 fully saturated rings. The topological polar surface area (TPSA) is 49.4 Å². The zero-order valence-electron chi connectivity index (χ0n) is 15.2. The Morgan fingerprint density at radius 2 is 1.88 bits per heavy atom. The number of hydrogen-bond donors (Lipinski definition) is 1. The van der Waals surface area contributed by atoms with E-state index in [0.29, 0.717) is 18.2 Å². The van der Waals surface area contributed by atoms with Gasteiger partial charge in [-0.1, -0.05) is 42.0 Å². The number of aryl methyl sites for hydroxylation is 1. The summed E-state index contributed by atoms with van der Waals surface area (Å²) in [6.45, 7) is 2.71. The van der Waals surface area contributed by atoms with Gasteiger partial charge in [-0.3, -0.25) is 9.59 Å².